The molecule has 1 saturated heterocycles. The van der Waals surface area contributed by atoms with Crippen molar-refractivity contribution in [1.29, 1.82) is 0 Å². The number of nitrogens with one attached hydrogen (secondary N) is 1. The highest BCUT2D eigenvalue weighted by Gasteiger charge is 2.20. The van der Waals surface area contributed by atoms with Crippen LogP contribution >= 0.6 is 0 Å². The molecule has 3 heterocycles. The van der Waals surface area contributed by atoms with Gasteiger partial charge in [0.05, 0.1) is 17.6 Å². The number of piperidine rings is 1. The normalized spacial score (nSPS) is 16.0. The van der Waals surface area contributed by atoms with E-state index in [2.05, 4.69) is 25.2 Å². The number of benzene rings is 1. The first-order valence-corrected chi connectivity index (χ1v) is 8.72. The van der Waals surface area contributed by atoms with Crippen molar-refractivity contribution in [2.24, 2.45) is 5.73 Å². The molecule has 26 heavy (non-hydrogen) atoms. The summed E-state index contributed by atoms with van der Waals surface area (Å²) in [4.78, 5) is 26.5. The smallest absolute Gasteiger partial charge is 0.231 e. The number of rotatable bonds is 5. The van der Waals surface area contributed by atoms with Crippen LogP contribution in [0.25, 0.3) is 16.9 Å². The number of fused-ring (bicyclic) bond motifs is 1. The minimum Gasteiger partial charge on any atom is -0.369 e. The van der Waals surface area contributed by atoms with E-state index in [9.17, 15) is 4.79 Å². The zero-order chi connectivity index (χ0) is 17.9. The molecule has 3 aromatic rings. The van der Waals surface area contributed by atoms with Crippen LogP contribution < -0.4 is 11.1 Å². The number of para-hydroxylation sites is 2. The van der Waals surface area contributed by atoms with E-state index in [1.807, 2.05) is 34.9 Å². The number of carbonyl (C=O) groups is 1. The van der Waals surface area contributed by atoms with Gasteiger partial charge in [0.2, 0.25) is 11.9 Å². The van der Waals surface area contributed by atoms with Crippen molar-refractivity contribution >= 4 is 22.9 Å². The van der Waals surface area contributed by atoms with Crippen LogP contribution in [0.15, 0.2) is 42.9 Å². The lowest BCUT2D eigenvalue weighted by atomic mass is 10.1. The van der Waals surface area contributed by atoms with Crippen LogP contribution in [0.5, 0.6) is 0 Å². The van der Waals surface area contributed by atoms with Gasteiger partial charge in [0.15, 0.2) is 0 Å². The molecule has 0 spiro atoms. The molecule has 0 atom stereocenters. The SMILES string of the molecule is NC(=O)CN1CCC(Nc2nccc(-n3cnc4ccccc43)n2)CC1. The standard InChI is InChI=1S/C18H21N7O/c19-16(26)11-24-9-6-13(7-10-24)22-18-20-8-5-17(23-18)25-12-21-14-3-1-2-4-15(14)25/h1-5,8,12-13H,6-7,9-11H2,(H2,19,26)(H,20,22,23). The maximum atomic E-state index is 11.0. The van der Waals surface area contributed by atoms with Crippen LogP contribution in [-0.2, 0) is 4.79 Å². The largest absolute Gasteiger partial charge is 0.369 e. The number of hydrogen-bond donors (Lipinski definition) is 2. The maximum absolute atomic E-state index is 11.0. The number of primary amides is 1. The van der Waals surface area contributed by atoms with Gasteiger partial charge >= 0.3 is 0 Å². The molecule has 0 saturated carbocycles. The van der Waals surface area contributed by atoms with Gasteiger partial charge in [-0.25, -0.2) is 9.97 Å². The van der Waals surface area contributed by atoms with Gasteiger partial charge in [0.25, 0.3) is 0 Å². The third-order valence-electron chi connectivity index (χ3n) is 4.64. The van der Waals surface area contributed by atoms with E-state index >= 15 is 0 Å². The number of hydrogen-bond acceptors (Lipinski definition) is 6. The Kier molecular flexibility index (Phi) is 4.49. The molecule has 1 aromatic carbocycles. The van der Waals surface area contributed by atoms with Crippen molar-refractivity contribution in [3.8, 4) is 5.82 Å². The molecule has 0 unspecified atom stereocenters. The highest BCUT2D eigenvalue weighted by atomic mass is 16.1. The molecule has 3 N–H and O–H groups in total. The molecule has 0 bridgehead atoms. The van der Waals surface area contributed by atoms with Crippen LogP contribution in [0.1, 0.15) is 12.8 Å². The zero-order valence-electron chi connectivity index (χ0n) is 14.4. The number of nitrogens with zero attached hydrogens (tertiary/aromatic N) is 5. The maximum Gasteiger partial charge on any atom is 0.231 e. The number of carbonyl (C=O) groups excluding carboxylic acids is 1. The molecule has 8 heteroatoms. The van der Waals surface area contributed by atoms with E-state index in [1.54, 1.807) is 12.5 Å². The van der Waals surface area contributed by atoms with Gasteiger partial charge in [-0.2, -0.15) is 4.98 Å². The highest BCUT2D eigenvalue weighted by Crippen LogP contribution is 2.18. The Bertz CT molecular complexity index is 915. The van der Waals surface area contributed by atoms with E-state index < -0.39 is 0 Å². The summed E-state index contributed by atoms with van der Waals surface area (Å²) in [5.74, 6) is 1.11. The fraction of sp³-hybridized carbons (Fsp3) is 0.333. The van der Waals surface area contributed by atoms with Crippen molar-refractivity contribution in [1.82, 2.24) is 24.4 Å². The predicted molar refractivity (Wildman–Crippen MR) is 98.9 cm³/mol. The first-order valence-electron chi connectivity index (χ1n) is 8.72. The van der Waals surface area contributed by atoms with Crippen LogP contribution in [0, 0.1) is 0 Å². The molecular weight excluding hydrogens is 330 g/mol. The summed E-state index contributed by atoms with van der Waals surface area (Å²) in [6.45, 7) is 2.01. The lowest BCUT2D eigenvalue weighted by molar-refractivity contribution is -0.119. The number of nitrogens with two attached hydrogens (primary N) is 1. The summed E-state index contributed by atoms with van der Waals surface area (Å²) in [5, 5.41) is 3.41. The minimum atomic E-state index is -0.278. The molecule has 1 aliphatic rings. The Balaban J connectivity index is 1.46. The molecule has 0 radical (unpaired) electrons. The topological polar surface area (TPSA) is 102 Å². The predicted octanol–water partition coefficient (Wildman–Crippen LogP) is 1.18. The van der Waals surface area contributed by atoms with E-state index in [0.717, 1.165) is 42.8 Å². The van der Waals surface area contributed by atoms with E-state index in [1.165, 1.54) is 0 Å². The van der Waals surface area contributed by atoms with E-state index in [-0.39, 0.29) is 11.9 Å². The highest BCUT2D eigenvalue weighted by molar-refractivity contribution is 5.77. The number of likely N-dealkylation sites (tertiary alicyclic amines) is 1. The monoisotopic (exact) mass is 351 g/mol. The average molecular weight is 351 g/mol. The molecule has 134 valence electrons. The molecule has 8 nitrogen and oxygen atoms in total. The van der Waals surface area contributed by atoms with Gasteiger partial charge in [-0.3, -0.25) is 14.3 Å². The zero-order valence-corrected chi connectivity index (χ0v) is 14.4. The molecule has 1 aliphatic heterocycles. The third-order valence-corrected chi connectivity index (χ3v) is 4.64. The fourth-order valence-corrected chi connectivity index (χ4v) is 3.33. The van der Waals surface area contributed by atoms with Crippen LogP contribution in [0.4, 0.5) is 5.95 Å². The Hall–Kier alpha value is -3.00. The molecule has 1 amide bonds. The Morgan fingerprint density at radius 1 is 1.19 bits per heavy atom. The lowest BCUT2D eigenvalue weighted by Crippen LogP contribution is -2.43. The second-order valence-electron chi connectivity index (χ2n) is 6.50. The average Bonchev–Trinajstić information content (AvgIpc) is 3.07. The third kappa shape index (κ3) is 3.50. The molecule has 1 fully saturated rings. The first-order chi connectivity index (χ1) is 12.7. The van der Waals surface area contributed by atoms with Crippen molar-refractivity contribution in [3.63, 3.8) is 0 Å². The Morgan fingerprint density at radius 3 is 2.81 bits per heavy atom. The summed E-state index contributed by atoms with van der Waals surface area (Å²) in [6, 6.07) is 10.1. The fourth-order valence-electron chi connectivity index (χ4n) is 3.33. The number of aromatic nitrogens is 4. The summed E-state index contributed by atoms with van der Waals surface area (Å²) in [6.07, 6.45) is 5.38. The van der Waals surface area contributed by atoms with Crippen LogP contribution in [0.2, 0.25) is 0 Å². The van der Waals surface area contributed by atoms with Crippen molar-refractivity contribution in [3.05, 3.63) is 42.9 Å². The molecule has 0 aliphatic carbocycles. The second kappa shape index (κ2) is 7.09. The molecular formula is C18H21N7O. The number of imidazole rings is 1. The first kappa shape index (κ1) is 16.5. The van der Waals surface area contributed by atoms with E-state index in [4.69, 9.17) is 5.73 Å². The van der Waals surface area contributed by atoms with Crippen LogP contribution in [0.3, 0.4) is 0 Å². The lowest BCUT2D eigenvalue weighted by Gasteiger charge is -2.31. The molecule has 4 rings (SSSR count). The summed E-state index contributed by atoms with van der Waals surface area (Å²) in [7, 11) is 0. The van der Waals surface area contributed by atoms with Gasteiger partial charge < -0.3 is 11.1 Å². The van der Waals surface area contributed by atoms with Gasteiger partial charge in [0.1, 0.15) is 12.1 Å². The summed E-state index contributed by atoms with van der Waals surface area (Å²) >= 11 is 0. The van der Waals surface area contributed by atoms with Gasteiger partial charge in [-0.15, -0.1) is 0 Å². The molecule has 2 aromatic heterocycles. The van der Waals surface area contributed by atoms with Crippen LogP contribution in [-0.4, -0.2) is 56.0 Å². The quantitative estimate of drug-likeness (QED) is 0.716. The Morgan fingerprint density at radius 2 is 2.00 bits per heavy atom. The van der Waals surface area contributed by atoms with Crippen molar-refractivity contribution < 1.29 is 4.79 Å². The second-order valence-corrected chi connectivity index (χ2v) is 6.50. The van der Waals surface area contributed by atoms with Gasteiger partial charge in [-0.05, 0) is 31.0 Å². The summed E-state index contributed by atoms with van der Waals surface area (Å²) < 4.78 is 1.96. The van der Waals surface area contributed by atoms with Gasteiger partial charge in [0, 0.05) is 25.3 Å². The Labute approximate surface area is 151 Å². The summed E-state index contributed by atoms with van der Waals surface area (Å²) in [5.41, 5.74) is 7.20. The number of amides is 1. The van der Waals surface area contributed by atoms with Crippen molar-refractivity contribution in [2.75, 3.05) is 25.0 Å². The van der Waals surface area contributed by atoms with Crippen molar-refractivity contribution in [2.45, 2.75) is 18.9 Å². The van der Waals surface area contributed by atoms with E-state index in [0.29, 0.717) is 12.5 Å². The minimum absolute atomic E-state index is 0.278. The number of anilines is 1. The van der Waals surface area contributed by atoms with Gasteiger partial charge in [-0.1, -0.05) is 12.1 Å².